The van der Waals surface area contributed by atoms with Crippen molar-refractivity contribution < 1.29 is 27.5 Å². The molecular formula is C19H17F3N4O3S2. The van der Waals surface area contributed by atoms with E-state index in [-0.39, 0.29) is 29.8 Å². The van der Waals surface area contributed by atoms with Crippen LogP contribution in [-0.4, -0.2) is 28.5 Å². The molecule has 0 bridgehead atoms. The lowest BCUT2D eigenvalue weighted by molar-refractivity contribution is -0.137. The van der Waals surface area contributed by atoms with Gasteiger partial charge in [0, 0.05) is 11.1 Å². The number of alkyl halides is 3. The lowest BCUT2D eigenvalue weighted by Gasteiger charge is -2.08. The Hall–Kier alpha value is -2.99. The highest BCUT2D eigenvalue weighted by Gasteiger charge is 2.30. The summed E-state index contributed by atoms with van der Waals surface area (Å²) in [5.74, 6) is -0.886. The number of nitrogens with one attached hydrogen (secondary N) is 2. The van der Waals surface area contributed by atoms with Gasteiger partial charge in [-0.15, -0.1) is 11.3 Å². The minimum Gasteiger partial charge on any atom is -0.462 e. The zero-order valence-electron chi connectivity index (χ0n) is 16.4. The number of halogens is 3. The summed E-state index contributed by atoms with van der Waals surface area (Å²) in [5, 5.41) is 7.68. The van der Waals surface area contributed by atoms with Gasteiger partial charge in [-0.3, -0.25) is 4.79 Å². The molecule has 0 saturated heterocycles. The Morgan fingerprint density at radius 1 is 1.19 bits per heavy atom. The number of hydrogen-bond acceptors (Lipinski definition) is 8. The number of aromatic nitrogens is 2. The average molecular weight is 470 g/mol. The minimum atomic E-state index is -4.44. The molecule has 1 aromatic carbocycles. The summed E-state index contributed by atoms with van der Waals surface area (Å²) in [6.45, 7) is 3.57. The maximum atomic E-state index is 12.8. The largest absolute Gasteiger partial charge is 0.462 e. The fourth-order valence-corrected chi connectivity index (χ4v) is 4.11. The van der Waals surface area contributed by atoms with Crippen LogP contribution in [0.1, 0.15) is 33.5 Å². The summed E-state index contributed by atoms with van der Waals surface area (Å²) in [6.07, 6.45) is -4.50. The van der Waals surface area contributed by atoms with Crippen LogP contribution in [-0.2, 0) is 22.1 Å². The molecule has 1 amide bonds. The van der Waals surface area contributed by atoms with Crippen molar-refractivity contribution in [2.24, 2.45) is 0 Å². The number of carbonyl (C=O) groups excluding carboxylic acids is 2. The Kier molecular flexibility index (Phi) is 6.91. The van der Waals surface area contributed by atoms with Crippen LogP contribution < -0.4 is 10.6 Å². The highest BCUT2D eigenvalue weighted by Crippen LogP contribution is 2.32. The standard InChI is InChI=1S/C19H17F3N4O3S2/c1-3-29-16(28)15-10(2)23-18(31-15)26-14(27)8-13-9-30-17(25-13)24-12-6-4-5-11(7-12)19(20,21)22/h4-7,9H,3,8H2,1-2H3,(H,24,25)(H,23,26,27). The van der Waals surface area contributed by atoms with E-state index in [1.807, 2.05) is 0 Å². The molecule has 2 aromatic heterocycles. The maximum absolute atomic E-state index is 12.8. The van der Waals surface area contributed by atoms with Gasteiger partial charge < -0.3 is 15.4 Å². The smallest absolute Gasteiger partial charge is 0.416 e. The van der Waals surface area contributed by atoms with Crippen molar-refractivity contribution in [2.45, 2.75) is 26.4 Å². The molecule has 0 spiro atoms. The first-order valence-electron chi connectivity index (χ1n) is 8.98. The van der Waals surface area contributed by atoms with Crippen molar-refractivity contribution in [1.82, 2.24) is 9.97 Å². The molecule has 2 heterocycles. The first kappa shape index (κ1) is 22.7. The number of thiazole rings is 2. The van der Waals surface area contributed by atoms with Crippen LogP contribution in [0.5, 0.6) is 0 Å². The first-order valence-corrected chi connectivity index (χ1v) is 10.7. The van der Waals surface area contributed by atoms with E-state index < -0.39 is 17.7 Å². The van der Waals surface area contributed by atoms with Crippen molar-refractivity contribution in [2.75, 3.05) is 17.2 Å². The summed E-state index contributed by atoms with van der Waals surface area (Å²) < 4.78 is 43.4. The molecular weight excluding hydrogens is 453 g/mol. The van der Waals surface area contributed by atoms with E-state index >= 15 is 0 Å². The molecule has 0 saturated carbocycles. The van der Waals surface area contributed by atoms with Crippen LogP contribution in [0.2, 0.25) is 0 Å². The number of benzene rings is 1. The Bertz CT molecular complexity index is 1100. The highest BCUT2D eigenvalue weighted by atomic mass is 32.1. The average Bonchev–Trinajstić information content (AvgIpc) is 3.27. The van der Waals surface area contributed by atoms with Gasteiger partial charge in [-0.1, -0.05) is 17.4 Å². The van der Waals surface area contributed by atoms with E-state index in [1.54, 1.807) is 19.2 Å². The van der Waals surface area contributed by atoms with Crippen molar-refractivity contribution in [1.29, 1.82) is 0 Å². The Morgan fingerprint density at radius 2 is 1.97 bits per heavy atom. The second-order valence-corrected chi connectivity index (χ2v) is 8.08. The highest BCUT2D eigenvalue weighted by molar-refractivity contribution is 7.17. The molecule has 0 unspecified atom stereocenters. The SMILES string of the molecule is CCOC(=O)c1sc(NC(=O)Cc2csc(Nc3cccc(C(F)(F)F)c3)n2)nc1C. The van der Waals surface area contributed by atoms with Gasteiger partial charge in [-0.25, -0.2) is 14.8 Å². The Labute approximate surface area is 183 Å². The molecule has 0 radical (unpaired) electrons. The number of rotatable bonds is 7. The molecule has 0 aliphatic heterocycles. The third-order valence-electron chi connectivity index (χ3n) is 3.84. The van der Waals surface area contributed by atoms with Gasteiger partial charge in [0.15, 0.2) is 10.3 Å². The number of hydrogen-bond donors (Lipinski definition) is 2. The number of ether oxygens (including phenoxy) is 1. The van der Waals surface area contributed by atoms with Crippen LogP contribution in [0.25, 0.3) is 0 Å². The normalized spacial score (nSPS) is 11.3. The predicted octanol–water partition coefficient (Wildman–Crippen LogP) is 5.03. The van der Waals surface area contributed by atoms with E-state index in [0.29, 0.717) is 21.4 Å². The zero-order chi connectivity index (χ0) is 22.6. The van der Waals surface area contributed by atoms with E-state index in [9.17, 15) is 22.8 Å². The number of esters is 1. The van der Waals surface area contributed by atoms with Gasteiger partial charge >= 0.3 is 12.1 Å². The fraction of sp³-hybridized carbons (Fsp3) is 0.263. The summed E-state index contributed by atoms with van der Waals surface area (Å²) in [5.41, 5.74) is 0.371. The summed E-state index contributed by atoms with van der Waals surface area (Å²) in [6, 6.07) is 4.76. The molecule has 3 aromatic rings. The lowest BCUT2D eigenvalue weighted by atomic mass is 10.2. The van der Waals surface area contributed by atoms with Crippen molar-refractivity contribution in [3.8, 4) is 0 Å². The minimum absolute atomic E-state index is 0.0614. The van der Waals surface area contributed by atoms with E-state index in [0.717, 1.165) is 34.8 Å². The molecule has 2 N–H and O–H groups in total. The number of aryl methyl sites for hydroxylation is 1. The third-order valence-corrected chi connectivity index (χ3v) is 5.70. The number of nitrogens with zero attached hydrogens (tertiary/aromatic N) is 2. The van der Waals surface area contributed by atoms with Gasteiger partial charge in [0.05, 0.1) is 30.0 Å². The van der Waals surface area contributed by atoms with Crippen molar-refractivity contribution in [3.05, 3.63) is 51.5 Å². The second kappa shape index (κ2) is 9.43. The Balaban J connectivity index is 1.61. The molecule has 0 aliphatic rings. The molecule has 0 atom stereocenters. The van der Waals surface area contributed by atoms with Crippen molar-refractivity contribution >= 4 is 50.5 Å². The van der Waals surface area contributed by atoms with Gasteiger partial charge in [0.1, 0.15) is 4.88 Å². The number of carbonyl (C=O) groups is 2. The van der Waals surface area contributed by atoms with Gasteiger partial charge in [0.25, 0.3) is 0 Å². The van der Waals surface area contributed by atoms with Gasteiger partial charge in [0.2, 0.25) is 5.91 Å². The van der Waals surface area contributed by atoms with Gasteiger partial charge in [-0.2, -0.15) is 13.2 Å². The summed E-state index contributed by atoms with van der Waals surface area (Å²) in [4.78, 5) is 32.8. The monoisotopic (exact) mass is 470 g/mol. The molecule has 12 heteroatoms. The van der Waals surface area contributed by atoms with Crippen LogP contribution in [0.15, 0.2) is 29.6 Å². The van der Waals surface area contributed by atoms with Crippen LogP contribution in [0, 0.1) is 6.92 Å². The quantitative estimate of drug-likeness (QED) is 0.471. The molecule has 31 heavy (non-hydrogen) atoms. The molecule has 7 nitrogen and oxygen atoms in total. The lowest BCUT2D eigenvalue weighted by Crippen LogP contribution is -2.14. The van der Waals surface area contributed by atoms with Crippen LogP contribution >= 0.6 is 22.7 Å². The number of amides is 1. The van der Waals surface area contributed by atoms with E-state index in [4.69, 9.17) is 4.74 Å². The fourth-order valence-electron chi connectivity index (χ4n) is 2.51. The third kappa shape index (κ3) is 6.01. The van der Waals surface area contributed by atoms with Crippen LogP contribution in [0.3, 0.4) is 0 Å². The predicted molar refractivity (Wildman–Crippen MR) is 112 cm³/mol. The maximum Gasteiger partial charge on any atom is 0.416 e. The summed E-state index contributed by atoms with van der Waals surface area (Å²) >= 11 is 2.18. The number of anilines is 3. The summed E-state index contributed by atoms with van der Waals surface area (Å²) in [7, 11) is 0. The Morgan fingerprint density at radius 3 is 2.68 bits per heavy atom. The topological polar surface area (TPSA) is 93.2 Å². The second-order valence-electron chi connectivity index (χ2n) is 6.23. The zero-order valence-corrected chi connectivity index (χ0v) is 18.0. The molecule has 0 fully saturated rings. The van der Waals surface area contributed by atoms with Gasteiger partial charge in [-0.05, 0) is 32.0 Å². The van der Waals surface area contributed by atoms with Crippen LogP contribution in [0.4, 0.5) is 29.1 Å². The molecule has 164 valence electrons. The first-order chi connectivity index (χ1) is 14.7. The van der Waals surface area contributed by atoms with E-state index in [2.05, 4.69) is 20.6 Å². The van der Waals surface area contributed by atoms with Crippen molar-refractivity contribution in [3.63, 3.8) is 0 Å². The van der Waals surface area contributed by atoms with E-state index in [1.165, 1.54) is 12.1 Å². The molecule has 3 rings (SSSR count). The molecule has 0 aliphatic carbocycles.